The maximum absolute atomic E-state index is 13.4. The number of nitrogens with zero attached hydrogens (tertiary/aromatic N) is 1. The highest BCUT2D eigenvalue weighted by atomic mass is 32.1. The Balaban J connectivity index is 1.29. The maximum Gasteiger partial charge on any atom is 0.270 e. The van der Waals surface area contributed by atoms with Crippen LogP contribution >= 0.6 is 12.2 Å². The van der Waals surface area contributed by atoms with Gasteiger partial charge in [0.05, 0.1) is 5.69 Å². The fourth-order valence-corrected chi connectivity index (χ4v) is 4.15. The average Bonchev–Trinajstić information content (AvgIpc) is 2.91. The Labute approximate surface area is 228 Å². The number of thiocarbonyl (C=S) groups is 1. The largest absolute Gasteiger partial charge is 0.489 e. The van der Waals surface area contributed by atoms with Gasteiger partial charge in [0.25, 0.3) is 11.8 Å². The molecule has 6 nitrogen and oxygen atoms in total. The van der Waals surface area contributed by atoms with Crippen LogP contribution in [0.5, 0.6) is 17.2 Å². The van der Waals surface area contributed by atoms with Gasteiger partial charge in [0.2, 0.25) is 0 Å². The number of rotatable bonds is 7. The second kappa shape index (κ2) is 11.2. The van der Waals surface area contributed by atoms with Gasteiger partial charge >= 0.3 is 0 Å². The molecule has 0 unspecified atom stereocenters. The first kappa shape index (κ1) is 25.7. The van der Waals surface area contributed by atoms with Crippen molar-refractivity contribution in [1.82, 2.24) is 5.32 Å². The number of hydrogen-bond acceptors (Lipinski definition) is 5. The van der Waals surface area contributed by atoms with Crippen molar-refractivity contribution in [1.29, 1.82) is 0 Å². The smallest absolute Gasteiger partial charge is 0.270 e. The molecule has 4 aromatic rings. The van der Waals surface area contributed by atoms with E-state index in [-0.39, 0.29) is 17.3 Å². The van der Waals surface area contributed by atoms with Gasteiger partial charge in [0.1, 0.15) is 41.1 Å². The molecule has 1 saturated heterocycles. The minimum absolute atomic E-state index is 0.0302. The number of benzene rings is 4. The number of ether oxygens (including phenoxy) is 2. The van der Waals surface area contributed by atoms with Crippen LogP contribution in [-0.2, 0) is 16.2 Å². The van der Waals surface area contributed by atoms with E-state index in [4.69, 9.17) is 21.7 Å². The number of para-hydroxylation sites is 1. The Morgan fingerprint density at radius 1 is 0.795 bits per heavy atom. The molecule has 0 aromatic heterocycles. The molecule has 0 spiro atoms. The van der Waals surface area contributed by atoms with Crippen LogP contribution in [0.25, 0.3) is 6.08 Å². The summed E-state index contributed by atoms with van der Waals surface area (Å²) in [4.78, 5) is 27.2. The zero-order chi connectivity index (χ0) is 27.4. The molecule has 5 rings (SSSR count). The van der Waals surface area contributed by atoms with Crippen molar-refractivity contribution in [2.24, 2.45) is 0 Å². The van der Waals surface area contributed by atoms with Crippen molar-refractivity contribution in [2.45, 2.75) is 6.61 Å². The van der Waals surface area contributed by atoms with E-state index >= 15 is 0 Å². The number of anilines is 1. The van der Waals surface area contributed by atoms with Gasteiger partial charge in [-0.05, 0) is 90.1 Å². The monoisotopic (exact) mass is 542 g/mol. The number of carbonyl (C=O) groups is 2. The Morgan fingerprint density at radius 2 is 1.41 bits per heavy atom. The van der Waals surface area contributed by atoms with Gasteiger partial charge < -0.3 is 9.47 Å². The van der Waals surface area contributed by atoms with Crippen molar-refractivity contribution in [3.8, 4) is 17.2 Å². The van der Waals surface area contributed by atoms with Crippen molar-refractivity contribution in [2.75, 3.05) is 4.90 Å². The molecule has 0 saturated carbocycles. The molecule has 1 N–H and O–H groups in total. The molecule has 2 amide bonds. The van der Waals surface area contributed by atoms with Gasteiger partial charge in [-0.2, -0.15) is 0 Å². The van der Waals surface area contributed by atoms with Crippen LogP contribution in [0.3, 0.4) is 0 Å². The Bertz CT molecular complexity index is 1550. The summed E-state index contributed by atoms with van der Waals surface area (Å²) in [7, 11) is 0. The third-order valence-electron chi connectivity index (χ3n) is 5.69. The molecule has 0 bridgehead atoms. The van der Waals surface area contributed by atoms with Crippen LogP contribution in [0.15, 0.2) is 103 Å². The summed E-state index contributed by atoms with van der Waals surface area (Å²) < 4.78 is 38.1. The van der Waals surface area contributed by atoms with Crippen LogP contribution in [-0.4, -0.2) is 16.9 Å². The minimum atomic E-state index is -0.684. The van der Waals surface area contributed by atoms with Gasteiger partial charge in [-0.25, -0.2) is 8.78 Å². The highest BCUT2D eigenvalue weighted by Gasteiger charge is 2.34. The van der Waals surface area contributed by atoms with E-state index < -0.39 is 23.4 Å². The molecule has 0 radical (unpaired) electrons. The lowest BCUT2D eigenvalue weighted by Crippen LogP contribution is -2.54. The van der Waals surface area contributed by atoms with E-state index in [1.165, 1.54) is 23.1 Å². The molecule has 1 aliphatic rings. The second-order valence-electron chi connectivity index (χ2n) is 8.50. The summed E-state index contributed by atoms with van der Waals surface area (Å²) in [6.07, 6.45) is 1.45. The first-order valence-corrected chi connectivity index (χ1v) is 12.2. The molecule has 1 fully saturated rings. The van der Waals surface area contributed by atoms with Crippen LogP contribution < -0.4 is 19.7 Å². The quantitative estimate of drug-likeness (QED) is 0.172. The van der Waals surface area contributed by atoms with Crippen molar-refractivity contribution >= 4 is 40.9 Å². The van der Waals surface area contributed by atoms with Crippen LogP contribution in [0, 0.1) is 11.6 Å². The maximum atomic E-state index is 13.4. The third-order valence-corrected chi connectivity index (χ3v) is 5.98. The van der Waals surface area contributed by atoms with E-state index in [1.807, 2.05) is 30.3 Å². The topological polar surface area (TPSA) is 67.9 Å². The van der Waals surface area contributed by atoms with Crippen molar-refractivity contribution in [3.05, 3.63) is 125 Å². The van der Waals surface area contributed by atoms with E-state index in [9.17, 15) is 18.4 Å². The zero-order valence-electron chi connectivity index (χ0n) is 20.3. The first-order valence-electron chi connectivity index (χ1n) is 11.8. The molecule has 0 aliphatic carbocycles. The van der Waals surface area contributed by atoms with Gasteiger partial charge in [-0.15, -0.1) is 0 Å². The highest BCUT2D eigenvalue weighted by molar-refractivity contribution is 7.80. The fourth-order valence-electron chi connectivity index (χ4n) is 3.87. The number of amides is 2. The zero-order valence-corrected chi connectivity index (χ0v) is 21.1. The summed E-state index contributed by atoms with van der Waals surface area (Å²) in [5.74, 6) is -0.863. The van der Waals surface area contributed by atoms with E-state index in [0.29, 0.717) is 34.1 Å². The molecule has 39 heavy (non-hydrogen) atoms. The SMILES string of the molecule is O=C1NC(=S)N(c2ccc(Oc3ccccc3)cc2)C(=O)/C1=C/c1ccc(OCc2cc(F)cc(F)c2)cc1. The lowest BCUT2D eigenvalue weighted by Gasteiger charge is -2.29. The van der Waals surface area contributed by atoms with Crippen molar-refractivity contribution < 1.29 is 27.8 Å². The highest BCUT2D eigenvalue weighted by Crippen LogP contribution is 2.27. The van der Waals surface area contributed by atoms with Gasteiger partial charge in [0, 0.05) is 6.07 Å². The second-order valence-corrected chi connectivity index (χ2v) is 8.89. The molecule has 4 aromatic carbocycles. The van der Waals surface area contributed by atoms with Crippen LogP contribution in [0.2, 0.25) is 0 Å². The van der Waals surface area contributed by atoms with Gasteiger partial charge in [-0.3, -0.25) is 19.8 Å². The predicted molar refractivity (Wildman–Crippen MR) is 146 cm³/mol. The third kappa shape index (κ3) is 6.16. The minimum Gasteiger partial charge on any atom is -0.489 e. The van der Waals surface area contributed by atoms with Crippen molar-refractivity contribution in [3.63, 3.8) is 0 Å². The lowest BCUT2D eigenvalue weighted by molar-refractivity contribution is -0.122. The predicted octanol–water partition coefficient (Wildman–Crippen LogP) is 6.17. The Morgan fingerprint density at radius 3 is 2.08 bits per heavy atom. The summed E-state index contributed by atoms with van der Waals surface area (Å²) in [6.45, 7) is -0.0302. The molecule has 0 atom stereocenters. The van der Waals surface area contributed by atoms with Gasteiger partial charge in [-0.1, -0.05) is 30.3 Å². The normalized spacial score (nSPS) is 14.4. The fraction of sp³-hybridized carbons (Fsp3) is 0.0333. The van der Waals surface area contributed by atoms with E-state index in [1.54, 1.807) is 48.5 Å². The van der Waals surface area contributed by atoms with E-state index in [0.717, 1.165) is 6.07 Å². The molecule has 1 aliphatic heterocycles. The standard InChI is InChI=1S/C30H20F2N2O4S/c31-21-14-20(15-22(32)17-21)18-37-24-10-6-19(7-11-24)16-27-28(35)33-30(39)34(29(27)36)23-8-12-26(13-9-23)38-25-4-2-1-3-5-25/h1-17H,18H2,(H,33,35,39)/b27-16+. The number of carbonyl (C=O) groups excluding carboxylic acids is 2. The summed E-state index contributed by atoms with van der Waals surface area (Å²) in [5.41, 5.74) is 1.28. The van der Waals surface area contributed by atoms with Crippen LogP contribution in [0.1, 0.15) is 11.1 Å². The number of hydrogen-bond donors (Lipinski definition) is 1. The molecular formula is C30H20F2N2O4S. The average molecular weight is 543 g/mol. The van der Waals surface area contributed by atoms with E-state index in [2.05, 4.69) is 5.32 Å². The number of halogens is 2. The molecule has 194 valence electrons. The summed E-state index contributed by atoms with van der Waals surface area (Å²) >= 11 is 5.27. The van der Waals surface area contributed by atoms with Gasteiger partial charge in [0.15, 0.2) is 5.11 Å². The summed E-state index contributed by atoms with van der Waals surface area (Å²) in [6, 6.07) is 25.8. The lowest BCUT2D eigenvalue weighted by atomic mass is 10.1. The Kier molecular flexibility index (Phi) is 7.42. The number of nitrogens with one attached hydrogen (secondary N) is 1. The summed E-state index contributed by atoms with van der Waals surface area (Å²) in [5, 5.41) is 2.52. The molecular weight excluding hydrogens is 522 g/mol. The molecule has 9 heteroatoms. The first-order chi connectivity index (χ1) is 18.9. The van der Waals surface area contributed by atoms with Crippen LogP contribution in [0.4, 0.5) is 14.5 Å². The molecule has 1 heterocycles. The Hall–Kier alpha value is -4.89.